The zero-order valence-electron chi connectivity index (χ0n) is 9.66. The third kappa shape index (κ3) is 7.85. The lowest BCUT2D eigenvalue weighted by Gasteiger charge is -2.15. The first-order chi connectivity index (χ1) is 6.74. The van der Waals surface area contributed by atoms with Gasteiger partial charge in [-0.15, -0.1) is 0 Å². The third-order valence-electron chi connectivity index (χ3n) is 2.15. The lowest BCUT2D eigenvalue weighted by atomic mass is 10.2. The van der Waals surface area contributed by atoms with E-state index in [2.05, 4.69) is 19.6 Å². The van der Waals surface area contributed by atoms with Crippen LogP contribution in [0.4, 0.5) is 0 Å². The number of rotatable bonds is 9. The van der Waals surface area contributed by atoms with Gasteiger partial charge >= 0.3 is 9.28 Å². The second kappa shape index (κ2) is 10.0. The van der Waals surface area contributed by atoms with Crippen LogP contribution in [0.1, 0.15) is 40.0 Å². The first-order valence-electron chi connectivity index (χ1n) is 5.65. The number of hydrogen-bond acceptors (Lipinski definition) is 3. The molecule has 0 N–H and O–H groups in total. The van der Waals surface area contributed by atoms with E-state index in [1.807, 2.05) is 13.8 Å². The Balaban J connectivity index is 3.49. The lowest BCUT2D eigenvalue weighted by molar-refractivity contribution is 0.212. The summed E-state index contributed by atoms with van der Waals surface area (Å²) in [6, 6.07) is 1.12. The molecule has 0 spiro atoms. The minimum absolute atomic E-state index is 0.549. The highest BCUT2D eigenvalue weighted by Crippen LogP contribution is 2.12. The van der Waals surface area contributed by atoms with Gasteiger partial charge in [-0.2, -0.15) is 12.6 Å². The Morgan fingerprint density at radius 2 is 1.71 bits per heavy atom. The Labute approximate surface area is 95.6 Å². The van der Waals surface area contributed by atoms with Crippen LogP contribution in [-0.4, -0.2) is 27.7 Å². The highest BCUT2D eigenvalue weighted by molar-refractivity contribution is 7.80. The molecule has 86 valence electrons. The van der Waals surface area contributed by atoms with Crippen LogP contribution in [0.3, 0.4) is 0 Å². The molecule has 0 saturated heterocycles. The largest absolute Gasteiger partial charge is 0.397 e. The maximum Gasteiger partial charge on any atom is 0.321 e. The third-order valence-corrected chi connectivity index (χ3v) is 5.07. The first-order valence-corrected chi connectivity index (χ1v) is 7.93. The van der Waals surface area contributed by atoms with Crippen molar-refractivity contribution in [2.45, 2.75) is 51.3 Å². The quantitative estimate of drug-likeness (QED) is 0.490. The van der Waals surface area contributed by atoms with Crippen LogP contribution in [0.5, 0.6) is 0 Å². The predicted octanol–water partition coefficient (Wildman–Crippen LogP) is 2.77. The van der Waals surface area contributed by atoms with E-state index in [0.29, 0.717) is 5.25 Å². The molecule has 1 atom stereocenters. The Kier molecular flexibility index (Phi) is 10.4. The number of thiol groups is 1. The van der Waals surface area contributed by atoms with Crippen molar-refractivity contribution in [1.29, 1.82) is 0 Å². The summed E-state index contributed by atoms with van der Waals surface area (Å²) in [5.74, 6) is 0. The van der Waals surface area contributed by atoms with Gasteiger partial charge in [0.05, 0.1) is 0 Å². The van der Waals surface area contributed by atoms with Gasteiger partial charge in [-0.1, -0.05) is 13.3 Å². The molecule has 0 aromatic rings. The Hall–Kier alpha value is 0.487. The van der Waals surface area contributed by atoms with Crippen LogP contribution in [0.25, 0.3) is 0 Å². The molecule has 14 heavy (non-hydrogen) atoms. The maximum atomic E-state index is 5.59. The van der Waals surface area contributed by atoms with Gasteiger partial charge in [0.25, 0.3) is 0 Å². The van der Waals surface area contributed by atoms with E-state index in [1.165, 1.54) is 12.8 Å². The van der Waals surface area contributed by atoms with Crippen molar-refractivity contribution in [2.24, 2.45) is 0 Å². The van der Waals surface area contributed by atoms with E-state index in [1.54, 1.807) is 0 Å². The van der Waals surface area contributed by atoms with Gasteiger partial charge in [0.2, 0.25) is 0 Å². The first kappa shape index (κ1) is 14.5. The highest BCUT2D eigenvalue weighted by atomic mass is 32.1. The zero-order valence-corrected chi connectivity index (χ0v) is 11.7. The van der Waals surface area contributed by atoms with Crippen molar-refractivity contribution in [1.82, 2.24) is 0 Å². The van der Waals surface area contributed by atoms with Crippen molar-refractivity contribution in [3.8, 4) is 0 Å². The molecule has 4 heteroatoms. The summed E-state index contributed by atoms with van der Waals surface area (Å²) in [5.41, 5.74) is 0. The molecule has 0 radical (unpaired) electrons. The van der Waals surface area contributed by atoms with E-state index in [4.69, 9.17) is 8.85 Å². The highest BCUT2D eigenvalue weighted by Gasteiger charge is 2.12. The van der Waals surface area contributed by atoms with Gasteiger partial charge < -0.3 is 8.85 Å². The Morgan fingerprint density at radius 3 is 2.14 bits per heavy atom. The van der Waals surface area contributed by atoms with Crippen LogP contribution in [0, 0.1) is 0 Å². The van der Waals surface area contributed by atoms with Crippen molar-refractivity contribution < 1.29 is 8.85 Å². The molecule has 1 unspecified atom stereocenters. The molecule has 0 heterocycles. The molecule has 0 fully saturated rings. The van der Waals surface area contributed by atoms with Crippen molar-refractivity contribution in [3.63, 3.8) is 0 Å². The molecule has 0 aliphatic carbocycles. The average molecular weight is 236 g/mol. The summed E-state index contributed by atoms with van der Waals surface area (Å²) in [4.78, 5) is 0. The van der Waals surface area contributed by atoms with Crippen molar-refractivity contribution in [2.75, 3.05) is 13.2 Å². The van der Waals surface area contributed by atoms with Gasteiger partial charge in [0.1, 0.15) is 0 Å². The molecule has 0 aliphatic rings. The van der Waals surface area contributed by atoms with Gasteiger partial charge in [-0.25, -0.2) is 0 Å². The average Bonchev–Trinajstić information content (AvgIpc) is 2.18. The number of hydrogen-bond donors (Lipinski definition) is 1. The van der Waals surface area contributed by atoms with Gasteiger partial charge in [-0.05, 0) is 32.7 Å². The lowest BCUT2D eigenvalue weighted by Crippen LogP contribution is -2.22. The van der Waals surface area contributed by atoms with Crippen LogP contribution in [0.15, 0.2) is 0 Å². The summed E-state index contributed by atoms with van der Waals surface area (Å²) < 4.78 is 11.2. The molecule has 0 saturated carbocycles. The maximum absolute atomic E-state index is 5.59. The molecule has 0 bridgehead atoms. The fourth-order valence-corrected chi connectivity index (χ4v) is 3.24. The Bertz CT molecular complexity index is 119. The molecule has 0 aromatic heterocycles. The molecule has 0 amide bonds. The van der Waals surface area contributed by atoms with E-state index < -0.39 is 9.28 Å². The standard InChI is InChI=1S/C10H24O2SSi/c1-4-10(13)8-7-9-14(11-5-2)12-6-3/h10,13-14H,4-9H2,1-3H3. The smallest absolute Gasteiger partial charge is 0.321 e. The van der Waals surface area contributed by atoms with Crippen LogP contribution < -0.4 is 0 Å². The van der Waals surface area contributed by atoms with E-state index >= 15 is 0 Å². The topological polar surface area (TPSA) is 18.5 Å². The van der Waals surface area contributed by atoms with Crippen LogP contribution in [-0.2, 0) is 8.85 Å². The minimum Gasteiger partial charge on any atom is -0.397 e. The van der Waals surface area contributed by atoms with E-state index in [9.17, 15) is 0 Å². The SMILES string of the molecule is CCO[SiH](CCCC(S)CC)OCC. The van der Waals surface area contributed by atoms with E-state index in [-0.39, 0.29) is 0 Å². The fraction of sp³-hybridized carbons (Fsp3) is 1.00. The van der Waals surface area contributed by atoms with E-state index in [0.717, 1.165) is 25.7 Å². The summed E-state index contributed by atoms with van der Waals surface area (Å²) in [5, 5.41) is 0.549. The summed E-state index contributed by atoms with van der Waals surface area (Å²) in [7, 11) is -1.34. The predicted molar refractivity (Wildman–Crippen MR) is 67.5 cm³/mol. The van der Waals surface area contributed by atoms with Crippen LogP contribution in [0.2, 0.25) is 6.04 Å². The molecule has 0 aromatic carbocycles. The molecular formula is C10H24O2SSi. The second-order valence-corrected chi connectivity index (χ2v) is 6.17. The van der Waals surface area contributed by atoms with Crippen molar-refractivity contribution in [3.05, 3.63) is 0 Å². The fourth-order valence-electron chi connectivity index (χ4n) is 1.31. The Morgan fingerprint density at radius 1 is 1.14 bits per heavy atom. The van der Waals surface area contributed by atoms with Gasteiger partial charge in [0, 0.05) is 18.5 Å². The van der Waals surface area contributed by atoms with Gasteiger partial charge in [0.15, 0.2) is 0 Å². The molecule has 2 nitrogen and oxygen atoms in total. The summed E-state index contributed by atoms with van der Waals surface area (Å²) in [6.07, 6.45) is 3.53. The van der Waals surface area contributed by atoms with Crippen LogP contribution >= 0.6 is 12.6 Å². The normalized spacial score (nSPS) is 13.5. The second-order valence-electron chi connectivity index (χ2n) is 3.33. The van der Waals surface area contributed by atoms with Crippen molar-refractivity contribution >= 4 is 21.9 Å². The summed E-state index contributed by atoms with van der Waals surface area (Å²) >= 11 is 4.47. The van der Waals surface area contributed by atoms with Gasteiger partial charge in [-0.3, -0.25) is 0 Å². The monoisotopic (exact) mass is 236 g/mol. The molecule has 0 rings (SSSR count). The molecule has 0 aliphatic heterocycles. The zero-order chi connectivity index (χ0) is 10.8. The molecular weight excluding hydrogens is 212 g/mol. The minimum atomic E-state index is -1.34. The summed E-state index contributed by atoms with van der Waals surface area (Å²) in [6.45, 7) is 7.82.